The Labute approximate surface area is 139 Å². The lowest BCUT2D eigenvalue weighted by Crippen LogP contribution is -2.32. The Hall–Kier alpha value is -1.62. The summed E-state index contributed by atoms with van der Waals surface area (Å²) in [7, 11) is 0. The van der Waals surface area contributed by atoms with Crippen molar-refractivity contribution in [3.63, 3.8) is 0 Å². The van der Waals surface area contributed by atoms with Gasteiger partial charge in [-0.05, 0) is 55.6 Å². The molecule has 0 aromatic heterocycles. The molecule has 1 heterocycles. The average Bonchev–Trinajstić information content (AvgIpc) is 2.57. The first kappa shape index (κ1) is 16.7. The molecule has 0 atom stereocenters. The maximum atomic E-state index is 5.15. The predicted octanol–water partition coefficient (Wildman–Crippen LogP) is 3.28. The quantitative estimate of drug-likeness (QED) is 0.365. The number of hydrogen-bond donors (Lipinski definition) is 2. The maximum Gasteiger partial charge on any atom is 0.186 e. The molecule has 4 nitrogen and oxygen atoms in total. The number of nitrogens with one attached hydrogen (secondary N) is 2. The van der Waals surface area contributed by atoms with Crippen LogP contribution < -0.4 is 15.6 Å². The summed E-state index contributed by atoms with van der Waals surface area (Å²) < 4.78 is 0. The molecule has 1 fully saturated rings. The summed E-state index contributed by atoms with van der Waals surface area (Å²) in [5.74, 6) is 0. The van der Waals surface area contributed by atoms with Crippen LogP contribution in [0.15, 0.2) is 29.4 Å². The van der Waals surface area contributed by atoms with Gasteiger partial charge < -0.3 is 10.2 Å². The van der Waals surface area contributed by atoms with Crippen LogP contribution in [0.25, 0.3) is 0 Å². The van der Waals surface area contributed by atoms with Crippen molar-refractivity contribution >= 4 is 29.2 Å². The van der Waals surface area contributed by atoms with Gasteiger partial charge in [0.25, 0.3) is 0 Å². The minimum atomic E-state index is 0.578. The summed E-state index contributed by atoms with van der Waals surface area (Å²) in [6.45, 7) is 5.39. The number of hydrogen-bond acceptors (Lipinski definition) is 3. The minimum absolute atomic E-state index is 0.578. The molecule has 0 radical (unpaired) electrons. The second kappa shape index (κ2) is 9.41. The van der Waals surface area contributed by atoms with Gasteiger partial charge >= 0.3 is 0 Å². The molecule has 2 N–H and O–H groups in total. The Morgan fingerprint density at radius 3 is 2.64 bits per heavy atom. The second-order valence-electron chi connectivity index (χ2n) is 5.62. The largest absolute Gasteiger partial charge is 0.372 e. The van der Waals surface area contributed by atoms with E-state index in [1.165, 1.54) is 38.0 Å². The molecular formula is C17H26N4S. The molecule has 0 bridgehead atoms. The van der Waals surface area contributed by atoms with Crippen LogP contribution in [-0.2, 0) is 0 Å². The molecule has 0 saturated carbocycles. The molecule has 0 aliphatic carbocycles. The first-order chi connectivity index (χ1) is 10.8. The fourth-order valence-corrected chi connectivity index (χ4v) is 2.66. The first-order valence-corrected chi connectivity index (χ1v) is 8.62. The minimum Gasteiger partial charge on any atom is -0.372 e. The van der Waals surface area contributed by atoms with Gasteiger partial charge in [-0.3, -0.25) is 5.43 Å². The molecule has 22 heavy (non-hydrogen) atoms. The normalized spacial score (nSPS) is 15.0. The number of thiocarbonyl (C=S) groups is 1. The number of unbranched alkanes of at least 4 members (excludes halogenated alkanes) is 1. The molecule has 1 aliphatic rings. The summed E-state index contributed by atoms with van der Waals surface area (Å²) >= 11 is 5.15. The smallest absolute Gasteiger partial charge is 0.186 e. The van der Waals surface area contributed by atoms with E-state index in [9.17, 15) is 0 Å². The van der Waals surface area contributed by atoms with Crippen molar-refractivity contribution < 1.29 is 0 Å². The Morgan fingerprint density at radius 2 is 1.95 bits per heavy atom. The van der Waals surface area contributed by atoms with Crippen LogP contribution >= 0.6 is 12.2 Å². The SMILES string of the molecule is CCCCNC(=S)N/N=C\c1ccc(N2CCCCC2)cc1. The number of nitrogens with zero attached hydrogens (tertiary/aromatic N) is 2. The number of hydrazone groups is 1. The third-order valence-corrected chi connectivity index (χ3v) is 4.05. The fourth-order valence-electron chi connectivity index (χ4n) is 2.51. The van der Waals surface area contributed by atoms with Gasteiger partial charge in [0.05, 0.1) is 6.21 Å². The third-order valence-electron chi connectivity index (χ3n) is 3.81. The molecule has 120 valence electrons. The van der Waals surface area contributed by atoms with Gasteiger partial charge in [0.2, 0.25) is 0 Å². The summed E-state index contributed by atoms with van der Waals surface area (Å²) in [5, 5.41) is 7.87. The summed E-state index contributed by atoms with van der Waals surface area (Å²) in [5.41, 5.74) is 5.23. The zero-order chi connectivity index (χ0) is 15.6. The predicted molar refractivity (Wildman–Crippen MR) is 98.7 cm³/mol. The van der Waals surface area contributed by atoms with E-state index in [0.29, 0.717) is 5.11 Å². The van der Waals surface area contributed by atoms with Gasteiger partial charge in [-0.2, -0.15) is 5.10 Å². The van der Waals surface area contributed by atoms with Crippen LogP contribution in [0.5, 0.6) is 0 Å². The molecular weight excluding hydrogens is 292 g/mol. The molecule has 1 aromatic rings. The lowest BCUT2D eigenvalue weighted by atomic mass is 10.1. The van der Waals surface area contributed by atoms with E-state index in [1.54, 1.807) is 6.21 Å². The molecule has 0 amide bonds. The molecule has 1 aromatic carbocycles. The second-order valence-corrected chi connectivity index (χ2v) is 6.03. The molecule has 5 heteroatoms. The Balaban J connectivity index is 1.78. The van der Waals surface area contributed by atoms with E-state index in [0.717, 1.165) is 24.9 Å². The van der Waals surface area contributed by atoms with Crippen LogP contribution in [-0.4, -0.2) is 31.0 Å². The molecule has 0 unspecified atom stereocenters. The van der Waals surface area contributed by atoms with Crippen LogP contribution in [0.2, 0.25) is 0 Å². The van der Waals surface area contributed by atoms with Crippen LogP contribution in [0.3, 0.4) is 0 Å². The van der Waals surface area contributed by atoms with E-state index in [1.807, 2.05) is 0 Å². The molecule has 0 spiro atoms. The number of rotatable bonds is 6. The topological polar surface area (TPSA) is 39.7 Å². The lowest BCUT2D eigenvalue weighted by molar-refractivity contribution is 0.578. The molecule has 1 aliphatic heterocycles. The van der Waals surface area contributed by atoms with Crippen molar-refractivity contribution in [1.82, 2.24) is 10.7 Å². The van der Waals surface area contributed by atoms with Gasteiger partial charge in [-0.1, -0.05) is 25.5 Å². The zero-order valence-corrected chi connectivity index (χ0v) is 14.2. The van der Waals surface area contributed by atoms with Crippen molar-refractivity contribution in [2.24, 2.45) is 5.10 Å². The van der Waals surface area contributed by atoms with Gasteiger partial charge in [0.15, 0.2) is 5.11 Å². The standard InChI is InChI=1S/C17H26N4S/c1-2-3-11-18-17(22)20-19-14-15-7-9-16(10-8-15)21-12-5-4-6-13-21/h7-10,14H,2-6,11-13H2,1H3,(H2,18,20,22)/b19-14-. The highest BCUT2D eigenvalue weighted by Crippen LogP contribution is 2.19. The Morgan fingerprint density at radius 1 is 1.23 bits per heavy atom. The van der Waals surface area contributed by atoms with Crippen molar-refractivity contribution in [2.75, 3.05) is 24.5 Å². The van der Waals surface area contributed by atoms with Gasteiger partial charge in [0, 0.05) is 25.3 Å². The monoisotopic (exact) mass is 318 g/mol. The van der Waals surface area contributed by atoms with Crippen molar-refractivity contribution in [3.8, 4) is 0 Å². The van der Waals surface area contributed by atoms with Crippen molar-refractivity contribution in [3.05, 3.63) is 29.8 Å². The highest BCUT2D eigenvalue weighted by molar-refractivity contribution is 7.80. The first-order valence-electron chi connectivity index (χ1n) is 8.21. The van der Waals surface area contributed by atoms with Crippen molar-refractivity contribution in [1.29, 1.82) is 0 Å². The van der Waals surface area contributed by atoms with Crippen molar-refractivity contribution in [2.45, 2.75) is 39.0 Å². The molecule has 1 saturated heterocycles. The van der Waals surface area contributed by atoms with E-state index in [2.05, 4.69) is 51.9 Å². The summed E-state index contributed by atoms with van der Waals surface area (Å²) in [6, 6.07) is 8.54. The average molecular weight is 318 g/mol. The van der Waals surface area contributed by atoms with Crippen LogP contribution in [0, 0.1) is 0 Å². The number of benzene rings is 1. The lowest BCUT2D eigenvalue weighted by Gasteiger charge is -2.28. The van der Waals surface area contributed by atoms with E-state index in [-0.39, 0.29) is 0 Å². The van der Waals surface area contributed by atoms with E-state index < -0.39 is 0 Å². The number of anilines is 1. The Kier molecular flexibility index (Phi) is 7.16. The van der Waals surface area contributed by atoms with Gasteiger partial charge in [0.1, 0.15) is 0 Å². The van der Waals surface area contributed by atoms with Gasteiger partial charge in [-0.25, -0.2) is 0 Å². The zero-order valence-electron chi connectivity index (χ0n) is 13.3. The summed E-state index contributed by atoms with van der Waals surface area (Å²) in [4.78, 5) is 2.45. The number of piperidine rings is 1. The summed E-state index contributed by atoms with van der Waals surface area (Å²) in [6.07, 6.45) is 8.03. The molecule has 2 rings (SSSR count). The highest BCUT2D eigenvalue weighted by Gasteiger charge is 2.10. The van der Waals surface area contributed by atoms with Crippen LogP contribution in [0.1, 0.15) is 44.6 Å². The van der Waals surface area contributed by atoms with Crippen LogP contribution in [0.4, 0.5) is 5.69 Å². The highest BCUT2D eigenvalue weighted by atomic mass is 32.1. The third kappa shape index (κ3) is 5.64. The fraction of sp³-hybridized carbons (Fsp3) is 0.529. The Bertz CT molecular complexity index is 478. The van der Waals surface area contributed by atoms with E-state index in [4.69, 9.17) is 12.2 Å². The van der Waals surface area contributed by atoms with E-state index >= 15 is 0 Å². The maximum absolute atomic E-state index is 5.15. The van der Waals surface area contributed by atoms with Gasteiger partial charge in [-0.15, -0.1) is 0 Å².